The molecule has 1 fully saturated rings. The highest BCUT2D eigenvalue weighted by Gasteiger charge is 2.39. The maximum absolute atomic E-state index is 14.3. The summed E-state index contributed by atoms with van der Waals surface area (Å²) in [6.07, 6.45) is -0.501. The second-order valence-electron chi connectivity index (χ2n) is 7.52. The molecule has 0 N–H and O–H groups in total. The lowest BCUT2D eigenvalue weighted by atomic mass is 9.78. The standard InChI is InChI=1S/C23H22F6O/c1-2-3-15-4-6-16(7-5-15)17-8-11-19(12-9-17)30-23(28,29)18-10-13-20(21(24)14-18)22(25,26)27/h2-3,8-16H,4-7H2,1H3/b3-2+. The Morgan fingerprint density at radius 2 is 1.53 bits per heavy atom. The van der Waals surface area contributed by atoms with Crippen LogP contribution >= 0.6 is 0 Å². The molecule has 0 bridgehead atoms. The summed E-state index contributed by atoms with van der Waals surface area (Å²) >= 11 is 0. The van der Waals surface area contributed by atoms with Crippen LogP contribution in [0.25, 0.3) is 0 Å². The molecule has 1 aliphatic rings. The van der Waals surface area contributed by atoms with Crippen molar-refractivity contribution in [3.8, 4) is 5.75 Å². The second-order valence-corrected chi connectivity index (χ2v) is 7.52. The molecule has 2 aromatic carbocycles. The summed E-state index contributed by atoms with van der Waals surface area (Å²) in [6.45, 7) is 2.00. The first-order valence-electron chi connectivity index (χ1n) is 9.77. The summed E-state index contributed by atoms with van der Waals surface area (Å²) in [5.74, 6) is -0.986. The lowest BCUT2D eigenvalue weighted by Crippen LogP contribution is -2.23. The molecular formula is C23H22F6O. The molecule has 7 heteroatoms. The van der Waals surface area contributed by atoms with E-state index in [1.54, 1.807) is 12.1 Å². The Morgan fingerprint density at radius 3 is 2.07 bits per heavy atom. The van der Waals surface area contributed by atoms with E-state index in [0.717, 1.165) is 31.2 Å². The molecule has 1 saturated carbocycles. The van der Waals surface area contributed by atoms with E-state index in [1.807, 2.05) is 6.92 Å². The largest absolute Gasteiger partial charge is 0.429 e. The van der Waals surface area contributed by atoms with Gasteiger partial charge >= 0.3 is 12.3 Å². The number of ether oxygens (including phenoxy) is 1. The van der Waals surface area contributed by atoms with Gasteiger partial charge in [0.05, 0.1) is 11.1 Å². The molecule has 0 aliphatic heterocycles. The number of alkyl halides is 5. The van der Waals surface area contributed by atoms with Crippen molar-refractivity contribution in [3.63, 3.8) is 0 Å². The Bertz CT molecular complexity index is 878. The maximum atomic E-state index is 14.3. The minimum atomic E-state index is -4.96. The molecule has 3 rings (SSSR count). The van der Waals surface area contributed by atoms with Crippen molar-refractivity contribution in [3.05, 3.63) is 77.1 Å². The van der Waals surface area contributed by atoms with Gasteiger partial charge in [-0.3, -0.25) is 0 Å². The van der Waals surface area contributed by atoms with Gasteiger partial charge in [-0.2, -0.15) is 22.0 Å². The summed E-state index contributed by atoms with van der Waals surface area (Å²) in [6, 6.07) is 7.21. The molecule has 162 valence electrons. The van der Waals surface area contributed by atoms with Crippen LogP contribution in [0, 0.1) is 11.7 Å². The van der Waals surface area contributed by atoms with Crippen molar-refractivity contribution in [1.29, 1.82) is 0 Å². The fourth-order valence-electron chi connectivity index (χ4n) is 3.86. The Kier molecular flexibility index (Phi) is 6.48. The van der Waals surface area contributed by atoms with E-state index in [9.17, 15) is 26.3 Å². The number of allylic oxidation sites excluding steroid dienone is 2. The van der Waals surface area contributed by atoms with Crippen molar-refractivity contribution in [1.82, 2.24) is 0 Å². The highest BCUT2D eigenvalue weighted by molar-refractivity contribution is 5.32. The third-order valence-electron chi connectivity index (χ3n) is 5.44. The zero-order valence-electron chi connectivity index (χ0n) is 16.4. The molecular weight excluding hydrogens is 406 g/mol. The summed E-state index contributed by atoms with van der Waals surface area (Å²) in [7, 11) is 0. The first-order chi connectivity index (χ1) is 14.1. The third kappa shape index (κ3) is 5.18. The van der Waals surface area contributed by atoms with Crippen LogP contribution in [0.5, 0.6) is 5.75 Å². The maximum Gasteiger partial charge on any atom is 0.426 e. The van der Waals surface area contributed by atoms with E-state index in [1.165, 1.54) is 12.1 Å². The fraction of sp³-hybridized carbons (Fsp3) is 0.391. The second kappa shape index (κ2) is 8.74. The van der Waals surface area contributed by atoms with Crippen LogP contribution in [0.4, 0.5) is 26.3 Å². The number of hydrogen-bond donors (Lipinski definition) is 0. The van der Waals surface area contributed by atoms with Gasteiger partial charge in [-0.15, -0.1) is 0 Å². The fourth-order valence-corrected chi connectivity index (χ4v) is 3.86. The van der Waals surface area contributed by atoms with Gasteiger partial charge < -0.3 is 4.74 Å². The van der Waals surface area contributed by atoms with Crippen LogP contribution in [0.15, 0.2) is 54.6 Å². The molecule has 30 heavy (non-hydrogen) atoms. The monoisotopic (exact) mass is 428 g/mol. The number of benzene rings is 2. The molecule has 0 radical (unpaired) electrons. The molecule has 0 saturated heterocycles. The SMILES string of the molecule is C/C=C/C1CCC(c2ccc(OC(F)(F)c3ccc(C(F)(F)F)c(F)c3)cc2)CC1. The van der Waals surface area contributed by atoms with Crippen molar-refractivity contribution >= 4 is 0 Å². The van der Waals surface area contributed by atoms with Crippen LogP contribution in [0.3, 0.4) is 0 Å². The molecule has 1 nitrogen and oxygen atoms in total. The van der Waals surface area contributed by atoms with E-state index >= 15 is 0 Å². The van der Waals surface area contributed by atoms with Crippen LogP contribution in [-0.2, 0) is 12.3 Å². The van der Waals surface area contributed by atoms with E-state index < -0.39 is 29.2 Å². The Morgan fingerprint density at radius 1 is 0.900 bits per heavy atom. The van der Waals surface area contributed by atoms with Gasteiger partial charge in [0.25, 0.3) is 0 Å². The molecule has 0 heterocycles. The highest BCUT2D eigenvalue weighted by Crippen LogP contribution is 2.39. The predicted molar refractivity (Wildman–Crippen MR) is 102 cm³/mol. The number of halogens is 6. The van der Waals surface area contributed by atoms with E-state index in [0.29, 0.717) is 17.9 Å². The van der Waals surface area contributed by atoms with Gasteiger partial charge in [-0.05, 0) is 80.3 Å². The molecule has 0 atom stereocenters. The lowest BCUT2D eigenvalue weighted by Gasteiger charge is -2.27. The van der Waals surface area contributed by atoms with E-state index in [4.69, 9.17) is 0 Å². The number of rotatable bonds is 5. The van der Waals surface area contributed by atoms with Crippen molar-refractivity contribution in [2.75, 3.05) is 0 Å². The smallest absolute Gasteiger partial charge is 0.426 e. The topological polar surface area (TPSA) is 9.23 Å². The van der Waals surface area contributed by atoms with Crippen molar-refractivity contribution in [2.45, 2.75) is 50.8 Å². The highest BCUT2D eigenvalue weighted by atomic mass is 19.4. The van der Waals surface area contributed by atoms with Crippen LogP contribution in [0.2, 0.25) is 0 Å². The van der Waals surface area contributed by atoms with Gasteiger partial charge in [0, 0.05) is 0 Å². The quantitative estimate of drug-likeness (QED) is 0.348. The third-order valence-corrected chi connectivity index (χ3v) is 5.44. The zero-order valence-corrected chi connectivity index (χ0v) is 16.4. The van der Waals surface area contributed by atoms with Gasteiger partial charge in [0.15, 0.2) is 0 Å². The molecule has 0 unspecified atom stereocenters. The van der Waals surface area contributed by atoms with E-state index in [2.05, 4.69) is 16.9 Å². The Balaban J connectivity index is 1.68. The average Bonchev–Trinajstić information content (AvgIpc) is 2.68. The minimum absolute atomic E-state index is 0.147. The number of hydrogen-bond acceptors (Lipinski definition) is 1. The minimum Gasteiger partial charge on any atom is -0.429 e. The molecule has 1 aliphatic carbocycles. The average molecular weight is 428 g/mol. The zero-order chi connectivity index (χ0) is 21.9. The summed E-state index contributed by atoms with van der Waals surface area (Å²) in [5.41, 5.74) is -1.56. The molecule has 0 spiro atoms. The molecule has 0 aromatic heterocycles. The molecule has 0 amide bonds. The van der Waals surface area contributed by atoms with Crippen LogP contribution in [0.1, 0.15) is 55.2 Å². The molecule has 2 aromatic rings. The van der Waals surface area contributed by atoms with Gasteiger partial charge in [-0.1, -0.05) is 24.3 Å². The first kappa shape index (κ1) is 22.2. The summed E-state index contributed by atoms with van der Waals surface area (Å²) in [4.78, 5) is 0. The first-order valence-corrected chi connectivity index (χ1v) is 9.77. The Hall–Kier alpha value is -2.44. The van der Waals surface area contributed by atoms with Crippen LogP contribution < -0.4 is 4.74 Å². The van der Waals surface area contributed by atoms with E-state index in [-0.39, 0.29) is 17.9 Å². The summed E-state index contributed by atoms with van der Waals surface area (Å²) < 4.78 is 84.8. The van der Waals surface area contributed by atoms with Gasteiger partial charge in [0.2, 0.25) is 0 Å². The van der Waals surface area contributed by atoms with Crippen LogP contribution in [-0.4, -0.2) is 0 Å². The van der Waals surface area contributed by atoms with Crippen molar-refractivity contribution < 1.29 is 31.1 Å². The normalized spacial score (nSPS) is 20.5. The van der Waals surface area contributed by atoms with Crippen molar-refractivity contribution in [2.24, 2.45) is 5.92 Å². The van der Waals surface area contributed by atoms with Gasteiger partial charge in [-0.25, -0.2) is 4.39 Å². The Labute approximate surface area is 171 Å². The summed E-state index contributed by atoms with van der Waals surface area (Å²) in [5, 5.41) is 0. The predicted octanol–water partition coefficient (Wildman–Crippen LogP) is 7.82. The van der Waals surface area contributed by atoms with Gasteiger partial charge in [0.1, 0.15) is 11.6 Å². The lowest BCUT2D eigenvalue weighted by molar-refractivity contribution is -0.186.